The molecule has 0 aromatic heterocycles. The summed E-state index contributed by atoms with van der Waals surface area (Å²) < 4.78 is 0. The first-order valence-corrected chi connectivity index (χ1v) is 9.17. The van der Waals surface area contributed by atoms with Crippen LogP contribution >= 0.6 is 0 Å². The molecule has 123 valence electrons. The van der Waals surface area contributed by atoms with Crippen LogP contribution < -0.4 is 0 Å². The Morgan fingerprint density at radius 2 is 1.61 bits per heavy atom. The lowest BCUT2D eigenvalue weighted by molar-refractivity contribution is 0.556. The molecular formula is C23H31. The van der Waals surface area contributed by atoms with E-state index >= 15 is 0 Å². The molecule has 0 nitrogen and oxygen atoms in total. The fourth-order valence-corrected chi connectivity index (χ4v) is 2.97. The van der Waals surface area contributed by atoms with Crippen molar-refractivity contribution in [2.75, 3.05) is 0 Å². The van der Waals surface area contributed by atoms with Crippen LogP contribution in [0.3, 0.4) is 0 Å². The quantitative estimate of drug-likeness (QED) is 0.502. The first kappa shape index (κ1) is 17.8. The zero-order valence-electron chi connectivity index (χ0n) is 15.0. The summed E-state index contributed by atoms with van der Waals surface area (Å²) in [6.45, 7) is 6.84. The second-order valence-electron chi connectivity index (χ2n) is 7.01. The van der Waals surface area contributed by atoms with Gasteiger partial charge in [-0.3, -0.25) is 0 Å². The van der Waals surface area contributed by atoms with Gasteiger partial charge in [0.2, 0.25) is 0 Å². The maximum Gasteiger partial charge on any atom is -0.00494 e. The van der Waals surface area contributed by atoms with Crippen molar-refractivity contribution in [2.45, 2.75) is 59.3 Å². The van der Waals surface area contributed by atoms with Gasteiger partial charge in [-0.05, 0) is 60.3 Å². The van der Waals surface area contributed by atoms with Crippen molar-refractivity contribution in [3.63, 3.8) is 0 Å². The molecule has 0 bridgehead atoms. The van der Waals surface area contributed by atoms with Crippen LogP contribution in [-0.4, -0.2) is 0 Å². The van der Waals surface area contributed by atoms with Gasteiger partial charge in [-0.1, -0.05) is 82.1 Å². The highest BCUT2D eigenvalue weighted by molar-refractivity contribution is 5.31. The first-order chi connectivity index (χ1) is 11.2. The molecule has 2 rings (SSSR count). The standard InChI is InChI=1S/C23H31/c1-4-7-22-10-6-11-23(18-22)17-16-21-14-12-20(13-15-21)9-5-8-19(2)3/h6,10-16,18-19H,4-5,7-9,17H2,1-3H3. The Hall–Kier alpha value is -1.56. The summed E-state index contributed by atoms with van der Waals surface area (Å²) in [4.78, 5) is 0. The van der Waals surface area contributed by atoms with Crippen LogP contribution in [0.1, 0.15) is 62.3 Å². The van der Waals surface area contributed by atoms with E-state index in [9.17, 15) is 0 Å². The number of hydrogen-bond acceptors (Lipinski definition) is 0. The average molecular weight is 308 g/mol. The Kier molecular flexibility index (Phi) is 7.39. The molecule has 2 aromatic rings. The van der Waals surface area contributed by atoms with Crippen LogP contribution in [0.2, 0.25) is 0 Å². The molecule has 23 heavy (non-hydrogen) atoms. The highest BCUT2D eigenvalue weighted by atomic mass is 14.1. The van der Waals surface area contributed by atoms with Crippen molar-refractivity contribution in [2.24, 2.45) is 5.92 Å². The lowest BCUT2D eigenvalue weighted by atomic mass is 9.98. The third kappa shape index (κ3) is 6.60. The first-order valence-electron chi connectivity index (χ1n) is 9.17. The third-order valence-corrected chi connectivity index (χ3v) is 4.33. The molecule has 0 saturated heterocycles. The molecule has 0 atom stereocenters. The van der Waals surface area contributed by atoms with Crippen LogP contribution in [-0.2, 0) is 19.3 Å². The zero-order chi connectivity index (χ0) is 16.5. The molecule has 0 heteroatoms. The van der Waals surface area contributed by atoms with Crippen LogP contribution in [0.5, 0.6) is 0 Å². The molecule has 1 radical (unpaired) electrons. The monoisotopic (exact) mass is 307 g/mol. The van der Waals surface area contributed by atoms with Gasteiger partial charge in [0.25, 0.3) is 0 Å². The molecule has 0 aliphatic rings. The van der Waals surface area contributed by atoms with E-state index in [0.717, 1.165) is 12.3 Å². The molecule has 0 aliphatic carbocycles. The third-order valence-electron chi connectivity index (χ3n) is 4.33. The van der Waals surface area contributed by atoms with Gasteiger partial charge in [-0.25, -0.2) is 0 Å². The molecule has 0 saturated carbocycles. The molecule has 0 unspecified atom stereocenters. The smallest absolute Gasteiger partial charge is 0.00494 e. The van der Waals surface area contributed by atoms with Gasteiger partial charge in [-0.15, -0.1) is 0 Å². The molecule has 2 aromatic carbocycles. The van der Waals surface area contributed by atoms with Gasteiger partial charge in [0.15, 0.2) is 0 Å². The normalized spacial score (nSPS) is 11.1. The molecule has 0 fully saturated rings. The Morgan fingerprint density at radius 1 is 0.870 bits per heavy atom. The maximum atomic E-state index is 2.35. The second-order valence-corrected chi connectivity index (χ2v) is 7.01. The van der Waals surface area contributed by atoms with Gasteiger partial charge in [0, 0.05) is 0 Å². The molecule has 0 spiro atoms. The van der Waals surface area contributed by atoms with E-state index in [2.05, 4.69) is 75.7 Å². The van der Waals surface area contributed by atoms with Crippen LogP contribution in [0.4, 0.5) is 0 Å². The van der Waals surface area contributed by atoms with E-state index in [4.69, 9.17) is 0 Å². The van der Waals surface area contributed by atoms with Crippen molar-refractivity contribution < 1.29 is 0 Å². The highest BCUT2D eigenvalue weighted by Crippen LogP contribution is 2.15. The summed E-state index contributed by atoms with van der Waals surface area (Å²) in [7, 11) is 0. The van der Waals surface area contributed by atoms with E-state index in [1.807, 2.05) is 0 Å². The molecule has 0 N–H and O–H groups in total. The van der Waals surface area contributed by atoms with Crippen molar-refractivity contribution in [3.8, 4) is 0 Å². The predicted octanol–water partition coefficient (Wildman–Crippen LogP) is 6.41. The summed E-state index contributed by atoms with van der Waals surface area (Å²) in [5.74, 6) is 0.811. The van der Waals surface area contributed by atoms with Gasteiger partial charge >= 0.3 is 0 Å². The van der Waals surface area contributed by atoms with Gasteiger partial charge in [-0.2, -0.15) is 0 Å². The average Bonchev–Trinajstić information content (AvgIpc) is 2.54. The molecule has 0 aliphatic heterocycles. The zero-order valence-corrected chi connectivity index (χ0v) is 15.0. The van der Waals surface area contributed by atoms with E-state index in [0.29, 0.717) is 0 Å². The summed E-state index contributed by atoms with van der Waals surface area (Å²) in [6.07, 6.45) is 9.57. The summed E-state index contributed by atoms with van der Waals surface area (Å²) in [6, 6.07) is 18.1. The molecular weight excluding hydrogens is 276 g/mol. The van der Waals surface area contributed by atoms with E-state index in [1.54, 1.807) is 0 Å². The topological polar surface area (TPSA) is 0 Å². The number of hydrogen-bond donors (Lipinski definition) is 0. The maximum absolute atomic E-state index is 2.35. The lowest BCUT2D eigenvalue weighted by Gasteiger charge is -2.07. The van der Waals surface area contributed by atoms with Crippen molar-refractivity contribution >= 4 is 0 Å². The van der Waals surface area contributed by atoms with Crippen LogP contribution in [0.25, 0.3) is 0 Å². The Labute approximate surface area is 143 Å². The largest absolute Gasteiger partial charge is 0.0651 e. The Balaban J connectivity index is 1.82. The fraction of sp³-hybridized carbons (Fsp3) is 0.435. The minimum atomic E-state index is 0.811. The lowest BCUT2D eigenvalue weighted by Crippen LogP contribution is -1.93. The van der Waals surface area contributed by atoms with Crippen LogP contribution in [0, 0.1) is 12.3 Å². The van der Waals surface area contributed by atoms with Gasteiger partial charge in [0.1, 0.15) is 0 Å². The SMILES string of the molecule is CCCc1cccc(C[CH]c2ccc(CCCC(C)C)cc2)c1. The van der Waals surface area contributed by atoms with E-state index in [-0.39, 0.29) is 0 Å². The van der Waals surface area contributed by atoms with Crippen molar-refractivity contribution in [1.82, 2.24) is 0 Å². The van der Waals surface area contributed by atoms with Gasteiger partial charge < -0.3 is 0 Å². The number of rotatable bonds is 9. The summed E-state index contributed by atoms with van der Waals surface area (Å²) in [5.41, 5.74) is 5.67. The number of benzene rings is 2. The molecule has 0 heterocycles. The van der Waals surface area contributed by atoms with Crippen LogP contribution in [0.15, 0.2) is 48.5 Å². The van der Waals surface area contributed by atoms with E-state index < -0.39 is 0 Å². The minimum Gasteiger partial charge on any atom is -0.0651 e. The summed E-state index contributed by atoms with van der Waals surface area (Å²) in [5, 5.41) is 0. The highest BCUT2D eigenvalue weighted by Gasteiger charge is 2.00. The Bertz CT molecular complexity index is 563. The minimum absolute atomic E-state index is 0.811. The van der Waals surface area contributed by atoms with Crippen molar-refractivity contribution in [1.29, 1.82) is 0 Å². The predicted molar refractivity (Wildman–Crippen MR) is 102 cm³/mol. The van der Waals surface area contributed by atoms with Gasteiger partial charge in [0.05, 0.1) is 0 Å². The summed E-state index contributed by atoms with van der Waals surface area (Å²) >= 11 is 0. The number of aryl methyl sites for hydroxylation is 2. The van der Waals surface area contributed by atoms with E-state index in [1.165, 1.54) is 54.4 Å². The Morgan fingerprint density at radius 3 is 2.30 bits per heavy atom. The fourth-order valence-electron chi connectivity index (χ4n) is 2.97. The van der Waals surface area contributed by atoms with Crippen molar-refractivity contribution in [3.05, 3.63) is 77.2 Å². The molecule has 0 amide bonds. The second kappa shape index (κ2) is 9.55.